The van der Waals surface area contributed by atoms with Crippen LogP contribution in [-0.4, -0.2) is 23.2 Å². The average Bonchev–Trinajstić information content (AvgIpc) is 3.06. The monoisotopic (exact) mass is 353 g/mol. The van der Waals surface area contributed by atoms with Crippen LogP contribution in [0.5, 0.6) is 0 Å². The minimum atomic E-state index is 0.352. The van der Waals surface area contributed by atoms with Crippen molar-refractivity contribution in [1.29, 1.82) is 0 Å². The van der Waals surface area contributed by atoms with Crippen LogP contribution in [0.25, 0.3) is 0 Å². The topological polar surface area (TPSA) is 51.0 Å². The third-order valence-electron chi connectivity index (χ3n) is 3.51. The van der Waals surface area contributed by atoms with E-state index in [1.54, 1.807) is 11.8 Å². The number of halogens is 1. The van der Waals surface area contributed by atoms with Gasteiger partial charge in [-0.3, -0.25) is 0 Å². The lowest BCUT2D eigenvalue weighted by atomic mass is 9.98. The van der Waals surface area contributed by atoms with E-state index < -0.39 is 0 Å². The summed E-state index contributed by atoms with van der Waals surface area (Å²) in [5, 5.41) is 7.45. The highest BCUT2D eigenvalue weighted by Crippen LogP contribution is 2.30. The second-order valence-corrected chi connectivity index (χ2v) is 6.88. The molecule has 0 radical (unpaired) electrons. The van der Waals surface area contributed by atoms with Gasteiger partial charge in [-0.1, -0.05) is 24.2 Å². The summed E-state index contributed by atoms with van der Waals surface area (Å²) in [7, 11) is 0. The highest BCUT2D eigenvalue weighted by molar-refractivity contribution is 9.10. The number of hydrogen-bond donors (Lipinski definition) is 1. The summed E-state index contributed by atoms with van der Waals surface area (Å²) in [5.74, 6) is 3.16. The number of nitrogens with one attached hydrogen (secondary N) is 1. The Bertz CT molecular complexity index is 589. The fourth-order valence-corrected chi connectivity index (χ4v) is 3.73. The number of nitrogens with zero attached hydrogens (tertiary/aromatic N) is 2. The summed E-state index contributed by atoms with van der Waals surface area (Å²) >= 11 is 5.25. The maximum atomic E-state index is 5.41. The first kappa shape index (κ1) is 14.1. The van der Waals surface area contributed by atoms with Gasteiger partial charge in [-0.05, 0) is 40.5 Å². The molecule has 20 heavy (non-hydrogen) atoms. The Morgan fingerprint density at radius 3 is 3.00 bits per heavy atom. The minimum Gasteiger partial charge on any atom is -0.339 e. The zero-order valence-electron chi connectivity index (χ0n) is 11.2. The largest absolute Gasteiger partial charge is 0.339 e. The Balaban J connectivity index is 1.64. The van der Waals surface area contributed by atoms with E-state index in [1.165, 1.54) is 4.90 Å². The molecule has 1 aliphatic heterocycles. The molecule has 1 aromatic carbocycles. The maximum Gasteiger partial charge on any atom is 0.231 e. The molecule has 106 valence electrons. The van der Waals surface area contributed by atoms with E-state index in [0.29, 0.717) is 11.8 Å². The van der Waals surface area contributed by atoms with Crippen LogP contribution in [0, 0.1) is 5.92 Å². The van der Waals surface area contributed by atoms with Crippen LogP contribution in [-0.2, 0) is 5.75 Å². The van der Waals surface area contributed by atoms with Gasteiger partial charge in [-0.15, -0.1) is 11.8 Å². The van der Waals surface area contributed by atoms with Crippen LogP contribution in [0.2, 0.25) is 0 Å². The number of rotatable bonds is 4. The first-order valence-corrected chi connectivity index (χ1v) is 8.42. The fraction of sp³-hybridized carbons (Fsp3) is 0.429. The molecule has 1 N–H and O–H groups in total. The molecule has 0 amide bonds. The van der Waals surface area contributed by atoms with Gasteiger partial charge in [0.15, 0.2) is 5.82 Å². The van der Waals surface area contributed by atoms with Gasteiger partial charge in [0.05, 0.1) is 11.7 Å². The van der Waals surface area contributed by atoms with Crippen LogP contribution in [0.4, 0.5) is 0 Å². The van der Waals surface area contributed by atoms with E-state index in [9.17, 15) is 0 Å². The molecule has 1 fully saturated rings. The number of thioether (sulfide) groups is 1. The Kier molecular flexibility index (Phi) is 4.43. The average molecular weight is 354 g/mol. The van der Waals surface area contributed by atoms with Crippen molar-refractivity contribution in [3.8, 4) is 0 Å². The molecule has 0 bridgehead atoms. The van der Waals surface area contributed by atoms with Crippen molar-refractivity contribution in [3.63, 3.8) is 0 Å². The Morgan fingerprint density at radius 2 is 2.25 bits per heavy atom. The maximum absolute atomic E-state index is 5.41. The van der Waals surface area contributed by atoms with E-state index in [4.69, 9.17) is 4.52 Å². The van der Waals surface area contributed by atoms with Crippen LogP contribution in [0.1, 0.15) is 24.6 Å². The Hall–Kier alpha value is -0.850. The fourth-order valence-electron chi connectivity index (χ4n) is 2.32. The molecule has 1 aliphatic rings. The highest BCUT2D eigenvalue weighted by Gasteiger charge is 2.29. The molecule has 2 atom stereocenters. The minimum absolute atomic E-state index is 0.352. The van der Waals surface area contributed by atoms with Crippen molar-refractivity contribution in [2.75, 3.05) is 13.1 Å². The molecule has 2 unspecified atom stereocenters. The van der Waals surface area contributed by atoms with Crippen LogP contribution < -0.4 is 5.32 Å². The molecule has 0 aliphatic carbocycles. The zero-order chi connectivity index (χ0) is 13.9. The molecule has 2 aromatic rings. The smallest absolute Gasteiger partial charge is 0.231 e. The van der Waals surface area contributed by atoms with Gasteiger partial charge in [0.2, 0.25) is 5.89 Å². The van der Waals surface area contributed by atoms with Crippen LogP contribution in [0.15, 0.2) is 38.2 Å². The molecule has 0 spiro atoms. The zero-order valence-corrected chi connectivity index (χ0v) is 13.6. The van der Waals surface area contributed by atoms with Crippen LogP contribution in [0.3, 0.4) is 0 Å². The van der Waals surface area contributed by atoms with Gasteiger partial charge in [-0.2, -0.15) is 4.98 Å². The van der Waals surface area contributed by atoms with Gasteiger partial charge >= 0.3 is 0 Å². The molecule has 4 nitrogen and oxygen atoms in total. The number of aromatic nitrogens is 2. The van der Waals surface area contributed by atoms with Crippen LogP contribution >= 0.6 is 27.7 Å². The second-order valence-electron chi connectivity index (χ2n) is 5.01. The lowest BCUT2D eigenvalue weighted by Gasteiger charge is -2.07. The quantitative estimate of drug-likeness (QED) is 0.853. The highest BCUT2D eigenvalue weighted by atomic mass is 79.9. The molecule has 3 rings (SSSR count). The van der Waals surface area contributed by atoms with E-state index in [2.05, 4.69) is 44.4 Å². The normalized spacial score (nSPS) is 22.3. The summed E-state index contributed by atoms with van der Waals surface area (Å²) < 4.78 is 6.51. The van der Waals surface area contributed by atoms with Crippen molar-refractivity contribution in [2.24, 2.45) is 5.92 Å². The molecular weight excluding hydrogens is 338 g/mol. The van der Waals surface area contributed by atoms with Crippen molar-refractivity contribution in [2.45, 2.75) is 23.5 Å². The van der Waals surface area contributed by atoms with Crippen molar-refractivity contribution in [1.82, 2.24) is 15.5 Å². The molecule has 0 saturated carbocycles. The predicted molar refractivity (Wildman–Crippen MR) is 82.8 cm³/mol. The Morgan fingerprint density at radius 1 is 1.40 bits per heavy atom. The molecular formula is C14H16BrN3OS. The van der Waals surface area contributed by atoms with Gasteiger partial charge in [0.1, 0.15) is 0 Å². The SMILES string of the molecule is CC1CNCC1c1nc(CSc2ccccc2Br)no1. The summed E-state index contributed by atoms with van der Waals surface area (Å²) in [6, 6.07) is 8.16. The second kappa shape index (κ2) is 6.28. The van der Waals surface area contributed by atoms with Gasteiger partial charge in [-0.25, -0.2) is 0 Å². The predicted octanol–water partition coefficient (Wildman–Crippen LogP) is 3.45. The molecule has 2 heterocycles. The lowest BCUT2D eigenvalue weighted by molar-refractivity contribution is 0.337. The molecule has 1 saturated heterocycles. The summed E-state index contributed by atoms with van der Waals surface area (Å²) in [5.41, 5.74) is 0. The summed E-state index contributed by atoms with van der Waals surface area (Å²) in [6.45, 7) is 4.17. The number of hydrogen-bond acceptors (Lipinski definition) is 5. The third-order valence-corrected chi connectivity index (χ3v) is 5.54. The van der Waals surface area contributed by atoms with Gasteiger partial charge in [0.25, 0.3) is 0 Å². The Labute approximate surface area is 130 Å². The lowest BCUT2D eigenvalue weighted by Crippen LogP contribution is -2.08. The first-order chi connectivity index (χ1) is 9.74. The first-order valence-electron chi connectivity index (χ1n) is 6.64. The number of benzene rings is 1. The van der Waals surface area contributed by atoms with Gasteiger partial charge in [0, 0.05) is 15.9 Å². The van der Waals surface area contributed by atoms with E-state index in [1.807, 2.05) is 18.2 Å². The van der Waals surface area contributed by atoms with Gasteiger partial charge < -0.3 is 9.84 Å². The summed E-state index contributed by atoms with van der Waals surface area (Å²) in [6.07, 6.45) is 0. The van der Waals surface area contributed by atoms with Crippen molar-refractivity contribution in [3.05, 3.63) is 40.5 Å². The van der Waals surface area contributed by atoms with E-state index >= 15 is 0 Å². The third kappa shape index (κ3) is 3.07. The summed E-state index contributed by atoms with van der Waals surface area (Å²) in [4.78, 5) is 5.72. The molecule has 6 heteroatoms. The standard InChI is InChI=1S/C14H16BrN3OS/c1-9-6-16-7-10(9)14-17-13(18-19-14)8-20-12-5-3-2-4-11(12)15/h2-5,9-10,16H,6-8H2,1H3. The molecule has 1 aromatic heterocycles. The van der Waals surface area contributed by atoms with Crippen molar-refractivity contribution < 1.29 is 4.52 Å². The van der Waals surface area contributed by atoms with E-state index in [-0.39, 0.29) is 0 Å². The van der Waals surface area contributed by atoms with E-state index in [0.717, 1.165) is 35.0 Å². The van der Waals surface area contributed by atoms with Crippen molar-refractivity contribution >= 4 is 27.7 Å².